The molecule has 1 unspecified atom stereocenters. The Morgan fingerprint density at radius 1 is 0.975 bits per heavy atom. The van der Waals surface area contributed by atoms with Crippen molar-refractivity contribution in [2.75, 3.05) is 23.4 Å². The van der Waals surface area contributed by atoms with Crippen molar-refractivity contribution in [3.63, 3.8) is 0 Å². The summed E-state index contributed by atoms with van der Waals surface area (Å²) in [6, 6.07) is 21.2. The zero-order valence-electron chi connectivity index (χ0n) is 22.8. The average Bonchev–Trinajstić information content (AvgIpc) is 3.32. The number of nitrogens with one attached hydrogen (secondary N) is 1. The number of hydrogen-bond acceptors (Lipinski definition) is 4. The first-order valence-corrected chi connectivity index (χ1v) is 13.7. The first-order valence-electron chi connectivity index (χ1n) is 13.7. The van der Waals surface area contributed by atoms with Crippen LogP contribution in [0.4, 0.5) is 15.8 Å². The summed E-state index contributed by atoms with van der Waals surface area (Å²) >= 11 is 0. The van der Waals surface area contributed by atoms with Gasteiger partial charge in [0.05, 0.1) is 12.1 Å². The Morgan fingerprint density at radius 3 is 2.23 bits per heavy atom. The van der Waals surface area contributed by atoms with Gasteiger partial charge in [0.1, 0.15) is 5.82 Å². The van der Waals surface area contributed by atoms with Crippen LogP contribution in [0.25, 0.3) is 0 Å². The van der Waals surface area contributed by atoms with Crippen molar-refractivity contribution in [1.82, 2.24) is 4.90 Å². The summed E-state index contributed by atoms with van der Waals surface area (Å²) in [6.45, 7) is 5.02. The zero-order valence-corrected chi connectivity index (χ0v) is 22.8. The second-order valence-electron chi connectivity index (χ2n) is 10.7. The molecule has 7 nitrogen and oxygen atoms in total. The Labute approximate surface area is 233 Å². The second-order valence-corrected chi connectivity index (χ2v) is 10.7. The van der Waals surface area contributed by atoms with Crippen molar-refractivity contribution in [2.24, 2.45) is 11.0 Å². The van der Waals surface area contributed by atoms with Crippen LogP contribution in [-0.2, 0) is 16.0 Å². The van der Waals surface area contributed by atoms with Crippen LogP contribution in [0.1, 0.15) is 60.5 Å². The molecule has 0 spiro atoms. The van der Waals surface area contributed by atoms with Crippen molar-refractivity contribution in [2.45, 2.75) is 45.4 Å². The maximum atomic E-state index is 13.1. The summed E-state index contributed by atoms with van der Waals surface area (Å²) in [6.07, 6.45) is 2.59. The summed E-state index contributed by atoms with van der Waals surface area (Å²) in [7, 11) is 0. The average molecular weight is 541 g/mol. The lowest BCUT2D eigenvalue weighted by molar-refractivity contribution is -0.119. The highest BCUT2D eigenvalue weighted by molar-refractivity contribution is 6.12. The van der Waals surface area contributed by atoms with Crippen molar-refractivity contribution in [3.8, 4) is 0 Å². The standard InChI is InChI=1S/C32H33FN4O3/c1-21(19-23-3-9-27(33)10-4-23)31(39)34-28-11-5-24(6-12-28)25-15-17-36(18-16-25)32(40)26-7-13-29(14-8-26)37-30(38)20-22(2)35-37/h3-14,21,25H,15-20H2,1-2H3,(H,34,39). The first kappa shape index (κ1) is 27.2. The summed E-state index contributed by atoms with van der Waals surface area (Å²) in [4.78, 5) is 39.7. The number of amides is 3. The Hall–Kier alpha value is -4.33. The van der Waals surface area contributed by atoms with Gasteiger partial charge in [0, 0.05) is 36.0 Å². The molecule has 1 atom stereocenters. The molecular formula is C32H33FN4O3. The van der Waals surface area contributed by atoms with Gasteiger partial charge >= 0.3 is 0 Å². The van der Waals surface area contributed by atoms with E-state index < -0.39 is 0 Å². The molecular weight excluding hydrogens is 507 g/mol. The van der Waals surface area contributed by atoms with Crippen LogP contribution in [0.15, 0.2) is 77.9 Å². The molecule has 1 N–H and O–H groups in total. The van der Waals surface area contributed by atoms with E-state index in [0.29, 0.717) is 43.1 Å². The molecule has 0 aromatic heterocycles. The fourth-order valence-electron chi connectivity index (χ4n) is 5.27. The lowest BCUT2D eigenvalue weighted by Crippen LogP contribution is -2.37. The number of carbonyl (C=O) groups excluding carboxylic acids is 3. The third-order valence-electron chi connectivity index (χ3n) is 7.61. The van der Waals surface area contributed by atoms with Crippen LogP contribution in [-0.4, -0.2) is 41.4 Å². The number of likely N-dealkylation sites (tertiary alicyclic amines) is 1. The smallest absolute Gasteiger partial charge is 0.253 e. The van der Waals surface area contributed by atoms with E-state index in [1.165, 1.54) is 22.7 Å². The van der Waals surface area contributed by atoms with E-state index in [2.05, 4.69) is 10.4 Å². The molecule has 2 aliphatic heterocycles. The van der Waals surface area contributed by atoms with Crippen LogP contribution in [0.2, 0.25) is 0 Å². The fourth-order valence-corrected chi connectivity index (χ4v) is 5.27. The number of hydrazone groups is 1. The number of anilines is 2. The van der Waals surface area contributed by atoms with E-state index in [9.17, 15) is 18.8 Å². The predicted octanol–water partition coefficient (Wildman–Crippen LogP) is 5.78. The summed E-state index contributed by atoms with van der Waals surface area (Å²) in [5.74, 6) is -0.339. The third kappa shape index (κ3) is 6.28. The van der Waals surface area contributed by atoms with Gasteiger partial charge in [-0.2, -0.15) is 5.10 Å². The van der Waals surface area contributed by atoms with Crippen LogP contribution >= 0.6 is 0 Å². The lowest BCUT2D eigenvalue weighted by atomic mass is 9.89. The molecule has 1 saturated heterocycles. The zero-order chi connectivity index (χ0) is 28.2. The van der Waals surface area contributed by atoms with Crippen molar-refractivity contribution >= 4 is 34.8 Å². The second kappa shape index (κ2) is 11.8. The van der Waals surface area contributed by atoms with Gasteiger partial charge in [0.25, 0.3) is 11.8 Å². The molecule has 5 rings (SSSR count). The quantitative estimate of drug-likeness (QED) is 0.413. The van der Waals surface area contributed by atoms with Gasteiger partial charge in [-0.05, 0) is 91.8 Å². The SMILES string of the molecule is CC1=NN(c2ccc(C(=O)N3CCC(c4ccc(NC(=O)C(C)Cc5ccc(F)cc5)cc4)CC3)cc2)C(=O)C1. The van der Waals surface area contributed by atoms with Crippen LogP contribution in [0.5, 0.6) is 0 Å². The van der Waals surface area contributed by atoms with Gasteiger partial charge in [-0.3, -0.25) is 14.4 Å². The summed E-state index contributed by atoms with van der Waals surface area (Å²) in [5.41, 5.74) is 4.90. The Morgan fingerprint density at radius 2 is 1.62 bits per heavy atom. The topological polar surface area (TPSA) is 82.1 Å². The molecule has 0 aliphatic carbocycles. The van der Waals surface area contributed by atoms with Gasteiger partial charge in [-0.25, -0.2) is 9.40 Å². The number of hydrogen-bond donors (Lipinski definition) is 1. The molecule has 3 aromatic carbocycles. The summed E-state index contributed by atoms with van der Waals surface area (Å²) in [5, 5.41) is 8.62. The number of benzene rings is 3. The number of piperidine rings is 1. The highest BCUT2D eigenvalue weighted by Crippen LogP contribution is 2.30. The van der Waals surface area contributed by atoms with Crippen molar-refractivity contribution in [3.05, 3.63) is 95.3 Å². The van der Waals surface area contributed by atoms with Gasteiger partial charge in [0.2, 0.25) is 5.91 Å². The van der Waals surface area contributed by atoms with E-state index in [4.69, 9.17) is 0 Å². The van der Waals surface area contributed by atoms with E-state index in [1.54, 1.807) is 36.4 Å². The highest BCUT2D eigenvalue weighted by Gasteiger charge is 2.26. The minimum atomic E-state index is -0.286. The monoisotopic (exact) mass is 540 g/mol. The maximum Gasteiger partial charge on any atom is 0.253 e. The van der Waals surface area contributed by atoms with Gasteiger partial charge in [0.15, 0.2) is 0 Å². The highest BCUT2D eigenvalue weighted by atomic mass is 19.1. The van der Waals surface area contributed by atoms with E-state index in [0.717, 1.165) is 29.8 Å². The Bertz CT molecular complexity index is 1410. The first-order chi connectivity index (χ1) is 19.3. The normalized spacial score (nSPS) is 16.6. The molecule has 8 heteroatoms. The maximum absolute atomic E-state index is 13.1. The van der Waals surface area contributed by atoms with Crippen LogP contribution < -0.4 is 10.3 Å². The molecule has 40 heavy (non-hydrogen) atoms. The van der Waals surface area contributed by atoms with E-state index in [-0.39, 0.29) is 29.5 Å². The lowest BCUT2D eigenvalue weighted by Gasteiger charge is -2.32. The molecule has 3 aromatic rings. The van der Waals surface area contributed by atoms with Crippen molar-refractivity contribution < 1.29 is 18.8 Å². The molecule has 0 bridgehead atoms. The van der Waals surface area contributed by atoms with Crippen LogP contribution in [0.3, 0.4) is 0 Å². The molecule has 1 fully saturated rings. The molecule has 0 radical (unpaired) electrons. The van der Waals surface area contributed by atoms with Crippen LogP contribution in [0, 0.1) is 11.7 Å². The fraction of sp³-hybridized carbons (Fsp3) is 0.312. The predicted molar refractivity (Wildman–Crippen MR) is 154 cm³/mol. The van der Waals surface area contributed by atoms with Crippen molar-refractivity contribution in [1.29, 1.82) is 0 Å². The Balaban J connectivity index is 1.11. The third-order valence-corrected chi connectivity index (χ3v) is 7.61. The van der Waals surface area contributed by atoms with E-state index >= 15 is 0 Å². The minimum Gasteiger partial charge on any atom is -0.339 e. The molecule has 206 valence electrons. The number of halogens is 1. The molecule has 3 amide bonds. The molecule has 0 saturated carbocycles. The van der Waals surface area contributed by atoms with E-state index in [1.807, 2.05) is 43.0 Å². The van der Waals surface area contributed by atoms with Gasteiger partial charge < -0.3 is 10.2 Å². The number of nitrogens with zero attached hydrogens (tertiary/aromatic N) is 3. The minimum absolute atomic E-state index is 0.00903. The molecule has 2 aliphatic rings. The number of rotatable bonds is 7. The summed E-state index contributed by atoms with van der Waals surface area (Å²) < 4.78 is 13.1. The molecule has 2 heterocycles. The van der Waals surface area contributed by atoms with Gasteiger partial charge in [-0.15, -0.1) is 0 Å². The van der Waals surface area contributed by atoms with Gasteiger partial charge in [-0.1, -0.05) is 31.2 Å². The number of carbonyl (C=O) groups is 3. The largest absolute Gasteiger partial charge is 0.339 e. The Kier molecular flexibility index (Phi) is 8.05.